The SMILES string of the molecule is COc1cc(/C=N\NC(=O)NC23CC4CC(CC(C4)C2)C3)cc(I)c1O. The topological polar surface area (TPSA) is 83.0 Å². The van der Waals surface area contributed by atoms with Crippen molar-refractivity contribution in [2.24, 2.45) is 22.9 Å². The van der Waals surface area contributed by atoms with Gasteiger partial charge in [-0.05, 0) is 96.6 Å². The zero-order valence-corrected chi connectivity index (χ0v) is 17.0. The quantitative estimate of drug-likeness (QED) is 0.358. The van der Waals surface area contributed by atoms with E-state index in [9.17, 15) is 9.90 Å². The molecule has 140 valence electrons. The number of benzene rings is 1. The zero-order chi connectivity index (χ0) is 18.3. The molecular formula is C19H24IN3O3. The van der Waals surface area contributed by atoms with Crippen LogP contribution in [-0.4, -0.2) is 30.0 Å². The Kier molecular flexibility index (Phi) is 4.75. The highest BCUT2D eigenvalue weighted by molar-refractivity contribution is 14.1. The smallest absolute Gasteiger partial charge is 0.335 e. The van der Waals surface area contributed by atoms with Gasteiger partial charge < -0.3 is 15.2 Å². The molecule has 0 radical (unpaired) electrons. The standard InChI is InChI=1S/C19H24IN3O3/c1-26-16-6-14(5-15(20)17(16)24)10-21-23-18(25)22-19-7-11-2-12(8-19)4-13(3-11)9-19/h5-6,10-13,24H,2-4,7-9H2,1H3,(H2,22,23,25)/b21-10-. The highest BCUT2D eigenvalue weighted by Crippen LogP contribution is 2.55. The molecule has 4 bridgehead atoms. The molecular weight excluding hydrogens is 445 g/mol. The maximum absolute atomic E-state index is 12.4. The van der Waals surface area contributed by atoms with Gasteiger partial charge in [0.2, 0.25) is 0 Å². The Morgan fingerprint density at radius 2 is 1.88 bits per heavy atom. The number of rotatable bonds is 4. The molecule has 0 spiro atoms. The number of amides is 2. The van der Waals surface area contributed by atoms with E-state index in [1.165, 1.54) is 26.4 Å². The van der Waals surface area contributed by atoms with E-state index in [0.29, 0.717) is 9.32 Å². The molecule has 0 aromatic heterocycles. The number of methoxy groups -OCH3 is 1. The van der Waals surface area contributed by atoms with Crippen LogP contribution in [0.1, 0.15) is 44.1 Å². The van der Waals surface area contributed by atoms with Gasteiger partial charge in [-0.15, -0.1) is 0 Å². The van der Waals surface area contributed by atoms with E-state index >= 15 is 0 Å². The first kappa shape index (κ1) is 17.9. The Hall–Kier alpha value is -1.51. The monoisotopic (exact) mass is 469 g/mol. The third kappa shape index (κ3) is 3.50. The van der Waals surface area contributed by atoms with Gasteiger partial charge in [-0.3, -0.25) is 0 Å². The molecule has 7 heteroatoms. The number of halogens is 1. The van der Waals surface area contributed by atoms with Gasteiger partial charge in [-0.2, -0.15) is 5.10 Å². The number of hydrogen-bond donors (Lipinski definition) is 3. The lowest BCUT2D eigenvalue weighted by Crippen LogP contribution is -2.61. The first-order valence-electron chi connectivity index (χ1n) is 9.14. The molecule has 4 aliphatic carbocycles. The van der Waals surface area contributed by atoms with Crippen LogP contribution in [0.3, 0.4) is 0 Å². The lowest BCUT2D eigenvalue weighted by molar-refractivity contribution is -0.0135. The number of aromatic hydroxyl groups is 1. The van der Waals surface area contributed by atoms with Gasteiger partial charge in [0.15, 0.2) is 11.5 Å². The van der Waals surface area contributed by atoms with Crippen LogP contribution in [0.5, 0.6) is 11.5 Å². The van der Waals surface area contributed by atoms with Gasteiger partial charge in [0.1, 0.15) is 0 Å². The average Bonchev–Trinajstić information content (AvgIpc) is 2.56. The van der Waals surface area contributed by atoms with Gasteiger partial charge in [0.05, 0.1) is 16.9 Å². The number of urea groups is 1. The van der Waals surface area contributed by atoms with Gasteiger partial charge in [-0.1, -0.05) is 0 Å². The summed E-state index contributed by atoms with van der Waals surface area (Å²) in [7, 11) is 1.50. The minimum Gasteiger partial charge on any atom is -0.504 e. The van der Waals surface area contributed by atoms with Gasteiger partial charge in [0.25, 0.3) is 0 Å². The fourth-order valence-corrected chi connectivity index (χ4v) is 6.15. The van der Waals surface area contributed by atoms with Crippen LogP contribution in [0.4, 0.5) is 4.79 Å². The summed E-state index contributed by atoms with van der Waals surface area (Å²) in [4.78, 5) is 12.4. The molecule has 4 aliphatic rings. The van der Waals surface area contributed by atoms with Gasteiger partial charge in [0, 0.05) is 5.54 Å². The number of nitrogens with zero attached hydrogens (tertiary/aromatic N) is 1. The third-order valence-corrected chi connectivity index (χ3v) is 6.89. The molecule has 0 saturated heterocycles. The largest absolute Gasteiger partial charge is 0.504 e. The summed E-state index contributed by atoms with van der Waals surface area (Å²) in [5, 5.41) is 17.2. The van der Waals surface area contributed by atoms with Crippen LogP contribution in [0, 0.1) is 21.3 Å². The Balaban J connectivity index is 1.37. The molecule has 0 unspecified atom stereocenters. The summed E-state index contributed by atoms with van der Waals surface area (Å²) in [5.41, 5.74) is 3.32. The predicted molar refractivity (Wildman–Crippen MR) is 108 cm³/mol. The molecule has 4 fully saturated rings. The van der Waals surface area contributed by atoms with Crippen LogP contribution in [-0.2, 0) is 0 Å². The second-order valence-electron chi connectivity index (χ2n) is 8.08. The average molecular weight is 469 g/mol. The molecule has 2 amide bonds. The third-order valence-electron chi connectivity index (χ3n) is 6.07. The Bertz CT molecular complexity index is 715. The Morgan fingerprint density at radius 1 is 1.27 bits per heavy atom. The van der Waals surface area contributed by atoms with E-state index in [1.807, 2.05) is 22.6 Å². The van der Waals surface area contributed by atoms with E-state index < -0.39 is 0 Å². The number of carbonyl (C=O) groups excluding carboxylic acids is 1. The molecule has 0 aliphatic heterocycles. The number of carbonyl (C=O) groups is 1. The highest BCUT2D eigenvalue weighted by atomic mass is 127. The molecule has 0 heterocycles. The number of nitrogens with one attached hydrogen (secondary N) is 2. The van der Waals surface area contributed by atoms with Crippen molar-refractivity contribution in [1.82, 2.24) is 10.7 Å². The van der Waals surface area contributed by atoms with Crippen LogP contribution in [0.2, 0.25) is 0 Å². The Labute approximate surface area is 166 Å². The van der Waals surface area contributed by atoms with E-state index in [1.54, 1.807) is 18.3 Å². The summed E-state index contributed by atoms with van der Waals surface area (Å²) in [6, 6.07) is 3.23. The van der Waals surface area contributed by atoms with Crippen molar-refractivity contribution < 1.29 is 14.6 Å². The molecule has 5 rings (SSSR count). The number of phenolic OH excluding ortho intramolecular Hbond substituents is 1. The minimum absolute atomic E-state index is 0.0223. The number of ether oxygens (including phenoxy) is 1. The lowest BCUT2D eigenvalue weighted by atomic mass is 9.53. The molecule has 26 heavy (non-hydrogen) atoms. The minimum atomic E-state index is -0.233. The Morgan fingerprint density at radius 3 is 2.46 bits per heavy atom. The summed E-state index contributed by atoms with van der Waals surface area (Å²) < 4.78 is 5.80. The highest BCUT2D eigenvalue weighted by Gasteiger charge is 2.51. The number of hydrazone groups is 1. The van der Waals surface area contributed by atoms with Crippen LogP contribution in [0.25, 0.3) is 0 Å². The number of hydrogen-bond acceptors (Lipinski definition) is 4. The molecule has 4 saturated carbocycles. The first-order valence-corrected chi connectivity index (χ1v) is 10.2. The van der Waals surface area contributed by atoms with Crippen LogP contribution >= 0.6 is 22.6 Å². The van der Waals surface area contributed by atoms with Crippen molar-refractivity contribution in [3.63, 3.8) is 0 Å². The first-order chi connectivity index (χ1) is 12.5. The maximum atomic E-state index is 12.4. The fourth-order valence-electron chi connectivity index (χ4n) is 5.52. The molecule has 0 atom stereocenters. The van der Waals surface area contributed by atoms with Crippen molar-refractivity contribution >= 4 is 34.8 Å². The van der Waals surface area contributed by atoms with Crippen molar-refractivity contribution in [3.8, 4) is 11.5 Å². The lowest BCUT2D eigenvalue weighted by Gasteiger charge is -2.56. The predicted octanol–water partition coefficient (Wildman–Crippen LogP) is 3.61. The molecule has 3 N–H and O–H groups in total. The molecule has 6 nitrogen and oxygen atoms in total. The van der Waals surface area contributed by atoms with Gasteiger partial charge in [-0.25, -0.2) is 10.2 Å². The van der Waals surface area contributed by atoms with Crippen molar-refractivity contribution in [2.45, 2.75) is 44.1 Å². The van der Waals surface area contributed by atoms with Crippen LogP contribution < -0.4 is 15.5 Å². The normalized spacial score (nSPS) is 32.0. The molecule has 1 aromatic rings. The summed E-state index contributed by atoms with van der Waals surface area (Å²) in [6.45, 7) is 0. The van der Waals surface area contributed by atoms with Gasteiger partial charge >= 0.3 is 6.03 Å². The van der Waals surface area contributed by atoms with E-state index in [-0.39, 0.29) is 17.3 Å². The zero-order valence-electron chi connectivity index (χ0n) is 14.8. The van der Waals surface area contributed by atoms with Crippen molar-refractivity contribution in [2.75, 3.05) is 7.11 Å². The van der Waals surface area contributed by atoms with E-state index in [2.05, 4.69) is 15.8 Å². The molecule has 1 aromatic carbocycles. The second-order valence-corrected chi connectivity index (χ2v) is 9.24. The van der Waals surface area contributed by atoms with E-state index in [0.717, 1.165) is 42.6 Å². The van der Waals surface area contributed by atoms with E-state index in [4.69, 9.17) is 4.74 Å². The van der Waals surface area contributed by atoms with Crippen LogP contribution in [0.15, 0.2) is 17.2 Å². The second kappa shape index (κ2) is 6.90. The maximum Gasteiger partial charge on any atom is 0.335 e. The number of phenols is 1. The summed E-state index contributed by atoms with van der Waals surface area (Å²) in [5.74, 6) is 2.86. The van der Waals surface area contributed by atoms with Crippen molar-refractivity contribution in [3.05, 3.63) is 21.3 Å². The summed E-state index contributed by atoms with van der Waals surface area (Å²) in [6.07, 6.45) is 8.95. The fraction of sp³-hybridized carbons (Fsp3) is 0.579. The summed E-state index contributed by atoms with van der Waals surface area (Å²) >= 11 is 2.03. The van der Waals surface area contributed by atoms with Crippen molar-refractivity contribution in [1.29, 1.82) is 0 Å².